The van der Waals surface area contributed by atoms with Crippen LogP contribution in [-0.2, 0) is 21.2 Å². The Bertz CT molecular complexity index is 902. The second-order valence-electron chi connectivity index (χ2n) is 6.01. The molecule has 0 spiro atoms. The Balaban J connectivity index is 1.68. The number of rotatable bonds is 6. The molecule has 140 valence electrons. The Morgan fingerprint density at radius 2 is 2.00 bits per heavy atom. The van der Waals surface area contributed by atoms with Crippen LogP contribution in [0.5, 0.6) is 5.75 Å². The molecule has 1 aromatic heterocycles. The summed E-state index contributed by atoms with van der Waals surface area (Å²) in [6.07, 6.45) is 1.86. The molecule has 2 heterocycles. The first-order valence-electron chi connectivity index (χ1n) is 8.22. The first-order chi connectivity index (χ1) is 12.4. The smallest absolute Gasteiger partial charge is 0.252 e. The van der Waals surface area contributed by atoms with Crippen molar-refractivity contribution in [2.24, 2.45) is 0 Å². The van der Waals surface area contributed by atoms with Gasteiger partial charge in [-0.3, -0.25) is 4.79 Å². The molecule has 7 nitrogen and oxygen atoms in total. The van der Waals surface area contributed by atoms with Gasteiger partial charge in [0.2, 0.25) is 5.91 Å². The first kappa shape index (κ1) is 18.7. The second kappa shape index (κ2) is 7.65. The van der Waals surface area contributed by atoms with E-state index < -0.39 is 10.0 Å². The predicted octanol–water partition coefficient (Wildman–Crippen LogP) is 2.30. The number of nitrogens with two attached hydrogens (primary N) is 1. The van der Waals surface area contributed by atoms with Crippen molar-refractivity contribution in [3.63, 3.8) is 0 Å². The highest BCUT2D eigenvalue weighted by Gasteiger charge is 2.28. The Kier molecular flexibility index (Phi) is 5.49. The average molecular weight is 396 g/mol. The summed E-state index contributed by atoms with van der Waals surface area (Å²) in [7, 11) is -1.91. The highest BCUT2D eigenvalue weighted by molar-refractivity contribution is 7.91. The van der Waals surface area contributed by atoms with Crippen molar-refractivity contribution < 1.29 is 17.9 Å². The quantitative estimate of drug-likeness (QED) is 0.731. The van der Waals surface area contributed by atoms with Gasteiger partial charge in [0.05, 0.1) is 24.9 Å². The number of ether oxygens (including phenoxy) is 1. The number of carbonyl (C=O) groups excluding carboxylic acids is 1. The number of benzene rings is 1. The summed E-state index contributed by atoms with van der Waals surface area (Å²) < 4.78 is 32.0. The SMILES string of the molecule is COc1ccc(N)c(NC(=O)Cc2ccc(S(=O)(=O)N3CCCC3)s2)c1. The molecular weight excluding hydrogens is 374 g/mol. The number of hydrogen-bond acceptors (Lipinski definition) is 6. The Hall–Kier alpha value is -2.10. The Labute approximate surface area is 156 Å². The third-order valence-electron chi connectivity index (χ3n) is 4.17. The van der Waals surface area contributed by atoms with Gasteiger partial charge in [-0.25, -0.2) is 8.42 Å². The molecule has 0 saturated carbocycles. The van der Waals surface area contributed by atoms with Crippen LogP contribution < -0.4 is 15.8 Å². The van der Waals surface area contributed by atoms with Crippen LogP contribution >= 0.6 is 11.3 Å². The lowest BCUT2D eigenvalue weighted by Gasteiger charge is -2.13. The van der Waals surface area contributed by atoms with E-state index in [0.717, 1.165) is 24.2 Å². The molecule has 3 N–H and O–H groups in total. The van der Waals surface area contributed by atoms with Gasteiger partial charge in [0.15, 0.2) is 0 Å². The molecule has 3 rings (SSSR count). The number of methoxy groups -OCH3 is 1. The Morgan fingerprint density at radius 1 is 1.27 bits per heavy atom. The molecule has 0 aliphatic carbocycles. The van der Waals surface area contributed by atoms with Crippen molar-refractivity contribution in [1.29, 1.82) is 0 Å². The first-order valence-corrected chi connectivity index (χ1v) is 10.5. The summed E-state index contributed by atoms with van der Waals surface area (Å²) in [5, 5.41) is 2.74. The van der Waals surface area contributed by atoms with Crippen molar-refractivity contribution >= 4 is 38.6 Å². The van der Waals surface area contributed by atoms with Gasteiger partial charge in [-0.1, -0.05) is 0 Å². The zero-order valence-corrected chi connectivity index (χ0v) is 16.0. The van der Waals surface area contributed by atoms with Crippen LogP contribution in [-0.4, -0.2) is 38.8 Å². The number of nitrogens with one attached hydrogen (secondary N) is 1. The maximum atomic E-state index is 12.5. The van der Waals surface area contributed by atoms with E-state index in [1.807, 2.05) is 0 Å². The number of nitrogens with zero attached hydrogens (tertiary/aromatic N) is 1. The zero-order valence-electron chi connectivity index (χ0n) is 14.4. The van der Waals surface area contributed by atoms with Gasteiger partial charge >= 0.3 is 0 Å². The number of hydrogen-bond donors (Lipinski definition) is 2. The topological polar surface area (TPSA) is 102 Å². The molecule has 1 saturated heterocycles. The fourth-order valence-electron chi connectivity index (χ4n) is 2.77. The van der Waals surface area contributed by atoms with Gasteiger partial charge in [0.1, 0.15) is 9.96 Å². The summed E-state index contributed by atoms with van der Waals surface area (Å²) in [6, 6.07) is 8.26. The molecule has 2 aromatic rings. The molecule has 0 radical (unpaired) electrons. The van der Waals surface area contributed by atoms with Crippen LogP contribution in [0.4, 0.5) is 11.4 Å². The molecule has 0 bridgehead atoms. The third kappa shape index (κ3) is 4.00. The van der Waals surface area contributed by atoms with Crippen LogP contribution in [0.3, 0.4) is 0 Å². The van der Waals surface area contributed by atoms with E-state index in [9.17, 15) is 13.2 Å². The second-order valence-corrected chi connectivity index (χ2v) is 9.34. The van der Waals surface area contributed by atoms with E-state index in [2.05, 4.69) is 5.32 Å². The monoisotopic (exact) mass is 395 g/mol. The standard InChI is InChI=1S/C17H21N3O4S2/c1-24-12-4-6-14(18)15(10-12)19-16(21)11-13-5-7-17(25-13)26(22,23)20-8-2-3-9-20/h4-7,10H,2-3,8-9,11,18H2,1H3,(H,19,21). The van der Waals surface area contributed by atoms with Crippen molar-refractivity contribution in [3.05, 3.63) is 35.2 Å². The molecule has 1 aromatic carbocycles. The lowest BCUT2D eigenvalue weighted by molar-refractivity contribution is -0.115. The largest absolute Gasteiger partial charge is 0.497 e. The molecule has 26 heavy (non-hydrogen) atoms. The van der Waals surface area contributed by atoms with Crippen LogP contribution in [0.15, 0.2) is 34.5 Å². The minimum Gasteiger partial charge on any atom is -0.497 e. The number of carbonyl (C=O) groups is 1. The summed E-state index contributed by atoms with van der Waals surface area (Å²) in [6.45, 7) is 1.12. The highest BCUT2D eigenvalue weighted by Crippen LogP contribution is 2.28. The zero-order chi connectivity index (χ0) is 18.7. The molecule has 1 aliphatic rings. The predicted molar refractivity (Wildman–Crippen MR) is 102 cm³/mol. The fraction of sp³-hybridized carbons (Fsp3) is 0.353. The molecule has 1 aliphatic heterocycles. The van der Waals surface area contributed by atoms with Crippen molar-refractivity contribution in [1.82, 2.24) is 4.31 Å². The minimum atomic E-state index is -3.44. The molecule has 0 unspecified atom stereocenters. The summed E-state index contributed by atoms with van der Waals surface area (Å²) >= 11 is 1.13. The molecule has 1 amide bonds. The lowest BCUT2D eigenvalue weighted by Crippen LogP contribution is -2.27. The Morgan fingerprint density at radius 3 is 2.69 bits per heavy atom. The van der Waals surface area contributed by atoms with Gasteiger partial charge in [-0.15, -0.1) is 11.3 Å². The van der Waals surface area contributed by atoms with Crippen LogP contribution in [0.1, 0.15) is 17.7 Å². The molecule has 0 atom stereocenters. The van der Waals surface area contributed by atoms with E-state index in [4.69, 9.17) is 10.5 Å². The number of sulfonamides is 1. The molecule has 9 heteroatoms. The van der Waals surface area contributed by atoms with E-state index in [1.54, 1.807) is 30.3 Å². The van der Waals surface area contributed by atoms with E-state index in [-0.39, 0.29) is 16.5 Å². The van der Waals surface area contributed by atoms with Gasteiger partial charge in [0.25, 0.3) is 10.0 Å². The maximum absolute atomic E-state index is 12.5. The van der Waals surface area contributed by atoms with E-state index >= 15 is 0 Å². The molecule has 1 fully saturated rings. The lowest BCUT2D eigenvalue weighted by atomic mass is 10.2. The summed E-state index contributed by atoms with van der Waals surface area (Å²) in [5.41, 5.74) is 6.77. The maximum Gasteiger partial charge on any atom is 0.252 e. The number of nitrogen functional groups attached to an aromatic ring is 1. The van der Waals surface area contributed by atoms with Crippen molar-refractivity contribution in [2.45, 2.75) is 23.5 Å². The van der Waals surface area contributed by atoms with Crippen molar-refractivity contribution in [2.75, 3.05) is 31.2 Å². The number of thiophene rings is 1. The number of anilines is 2. The minimum absolute atomic E-state index is 0.0802. The van der Waals surface area contributed by atoms with Gasteiger partial charge in [0, 0.05) is 24.0 Å². The normalized spacial score (nSPS) is 15.1. The van der Waals surface area contributed by atoms with Crippen LogP contribution in [0.2, 0.25) is 0 Å². The van der Waals surface area contributed by atoms with Gasteiger partial charge in [-0.05, 0) is 37.1 Å². The van der Waals surface area contributed by atoms with E-state index in [0.29, 0.717) is 35.1 Å². The summed E-state index contributed by atoms with van der Waals surface area (Å²) in [4.78, 5) is 13.0. The van der Waals surface area contributed by atoms with Crippen LogP contribution in [0, 0.1) is 0 Å². The van der Waals surface area contributed by atoms with Gasteiger partial charge in [-0.2, -0.15) is 4.31 Å². The molecular formula is C17H21N3O4S2. The summed E-state index contributed by atoms with van der Waals surface area (Å²) in [5.74, 6) is 0.321. The fourth-order valence-corrected chi connectivity index (χ4v) is 5.80. The highest BCUT2D eigenvalue weighted by atomic mass is 32.2. The van der Waals surface area contributed by atoms with Crippen molar-refractivity contribution in [3.8, 4) is 5.75 Å². The third-order valence-corrected chi connectivity index (χ3v) is 7.62. The van der Waals surface area contributed by atoms with Gasteiger partial charge < -0.3 is 15.8 Å². The van der Waals surface area contributed by atoms with E-state index in [1.165, 1.54) is 11.4 Å². The van der Waals surface area contributed by atoms with Crippen LogP contribution in [0.25, 0.3) is 0 Å². The average Bonchev–Trinajstić information content (AvgIpc) is 3.29. The number of amides is 1.